The summed E-state index contributed by atoms with van der Waals surface area (Å²) >= 11 is 0. The Labute approximate surface area is 432 Å². The summed E-state index contributed by atoms with van der Waals surface area (Å²) < 4.78 is 16.5. The van der Waals surface area contributed by atoms with Crippen molar-refractivity contribution in [3.63, 3.8) is 0 Å². The molecule has 0 radical (unpaired) electrons. The fourth-order valence-electron chi connectivity index (χ4n) is 8.90. The molecular weight excluding hydrogens is 933 g/mol. The molecule has 4 heterocycles. The number of benzene rings is 4. The van der Waals surface area contributed by atoms with Gasteiger partial charge in [0.25, 0.3) is 0 Å². The quantitative estimate of drug-likeness (QED) is 0.0376. The van der Waals surface area contributed by atoms with Crippen molar-refractivity contribution < 1.29 is 23.5 Å². The number of hydrogen-bond acceptors (Lipinski definition) is 13. The van der Waals surface area contributed by atoms with Gasteiger partial charge in [0.2, 0.25) is 23.7 Å². The van der Waals surface area contributed by atoms with E-state index in [1.807, 2.05) is 96.9 Å². The molecule has 74 heavy (non-hydrogen) atoms. The molecule has 0 aliphatic carbocycles. The van der Waals surface area contributed by atoms with Crippen molar-refractivity contribution in [2.45, 2.75) is 6.42 Å². The maximum atomic E-state index is 14.1. The van der Waals surface area contributed by atoms with Crippen LogP contribution in [0.15, 0.2) is 122 Å². The molecule has 4 aromatic heterocycles. The smallest absolute Gasteiger partial charge is 0.247 e. The summed E-state index contributed by atoms with van der Waals surface area (Å²) in [6, 6.07) is 27.7. The van der Waals surface area contributed by atoms with E-state index in [1.165, 1.54) is 6.08 Å². The average Bonchev–Trinajstić information content (AvgIpc) is 3.93. The van der Waals surface area contributed by atoms with Gasteiger partial charge in [0.05, 0.1) is 99.9 Å². The highest BCUT2D eigenvalue weighted by molar-refractivity contribution is 6.02. The van der Waals surface area contributed by atoms with Crippen LogP contribution in [-0.2, 0) is 23.7 Å². The predicted octanol–water partition coefficient (Wildman–Crippen LogP) is 8.75. The minimum absolute atomic E-state index is 0.135. The molecule has 2 amide bonds. The van der Waals surface area contributed by atoms with Crippen molar-refractivity contribution in [3.05, 3.63) is 122 Å². The number of quaternary nitrogens is 1. The minimum Gasteiger partial charge on any atom is -0.494 e. The summed E-state index contributed by atoms with van der Waals surface area (Å²) in [7, 11) is 19.5. The Balaban J connectivity index is 0.981. The highest BCUT2D eigenvalue weighted by Crippen LogP contribution is 2.40. The van der Waals surface area contributed by atoms with Gasteiger partial charge in [0.1, 0.15) is 11.5 Å². The van der Waals surface area contributed by atoms with Crippen molar-refractivity contribution in [1.82, 2.24) is 34.0 Å². The van der Waals surface area contributed by atoms with E-state index in [1.54, 1.807) is 32.7 Å². The van der Waals surface area contributed by atoms with E-state index in [9.17, 15) is 9.59 Å². The number of aromatic nitrogens is 6. The van der Waals surface area contributed by atoms with Crippen LogP contribution in [0.5, 0.6) is 11.5 Å². The van der Waals surface area contributed by atoms with Crippen molar-refractivity contribution in [3.8, 4) is 34.0 Å². The second kappa shape index (κ2) is 22.5. The second-order valence-electron chi connectivity index (χ2n) is 19.3. The third kappa shape index (κ3) is 11.9. The standard InChI is InChI=1S/C56H66N14O4/c1-12-53(71)59-44-33-51(73-10)46(64-56-58-25-22-42(62-56)40-36-69(7)48-20-16-14-18-38(40)48)32-49(44)67(5)28-30-70(8,9)29-23-54(72)60-43-31-45(52(74-11)34-50(43)66(4)27-26-65(2)3)63-55-57-24-21-41(61-55)39-35-68(6)47-19-15-13-17-37(39)47/h12-22,24-25,31-36H,1,23,26-30H2,2-11H3,(H3-,57,58,59,60,61,62,63,64,71,72)/p+1. The van der Waals surface area contributed by atoms with Gasteiger partial charge >= 0.3 is 0 Å². The molecule has 0 aliphatic heterocycles. The summed E-state index contributed by atoms with van der Waals surface area (Å²) in [4.78, 5) is 52.0. The molecule has 4 aromatic carbocycles. The number of carbonyl (C=O) groups is 2. The van der Waals surface area contributed by atoms with Crippen LogP contribution in [0.1, 0.15) is 6.42 Å². The molecule has 18 nitrogen and oxygen atoms in total. The zero-order valence-electron chi connectivity index (χ0n) is 44.0. The number of likely N-dealkylation sites (N-methyl/N-ethyl adjacent to an activating group) is 4. The summed E-state index contributed by atoms with van der Waals surface area (Å²) in [5.41, 5.74) is 9.64. The Hall–Kier alpha value is -8.48. The first kappa shape index (κ1) is 51.9. The number of nitrogens with one attached hydrogen (secondary N) is 4. The van der Waals surface area contributed by atoms with E-state index in [0.717, 1.165) is 62.2 Å². The third-order valence-corrected chi connectivity index (χ3v) is 13.2. The normalized spacial score (nSPS) is 11.4. The van der Waals surface area contributed by atoms with Crippen LogP contribution in [0, 0.1) is 0 Å². The molecule has 0 bridgehead atoms. The number of carbonyl (C=O) groups excluding carboxylic acids is 2. The molecule has 0 unspecified atom stereocenters. The van der Waals surface area contributed by atoms with Gasteiger partial charge < -0.3 is 59.1 Å². The van der Waals surface area contributed by atoms with E-state index < -0.39 is 0 Å². The summed E-state index contributed by atoms with van der Waals surface area (Å²) in [5.74, 6) is 1.33. The Morgan fingerprint density at radius 1 is 0.649 bits per heavy atom. The Kier molecular flexibility index (Phi) is 15.8. The van der Waals surface area contributed by atoms with Crippen LogP contribution in [0.3, 0.4) is 0 Å². The molecule has 0 fully saturated rings. The predicted molar refractivity (Wildman–Crippen MR) is 299 cm³/mol. The van der Waals surface area contributed by atoms with E-state index >= 15 is 0 Å². The molecule has 0 spiro atoms. The second-order valence-corrected chi connectivity index (χ2v) is 19.3. The molecule has 0 saturated carbocycles. The number of nitrogens with zero attached hydrogens (tertiary/aromatic N) is 10. The number of anilines is 8. The number of methoxy groups -OCH3 is 2. The Morgan fingerprint density at radius 2 is 1.16 bits per heavy atom. The SMILES string of the molecule is C=CC(=O)Nc1cc(OC)c(Nc2nccc(-c3cn(C)c4ccccc34)n2)cc1N(C)CC[N+](C)(C)CCC(=O)Nc1cc(Nc2nccc(-c3cn(C)c4ccccc34)n2)c(OC)cc1N(C)CCN(C)C. The van der Waals surface area contributed by atoms with E-state index in [4.69, 9.17) is 19.4 Å². The molecule has 8 aromatic rings. The van der Waals surface area contributed by atoms with Gasteiger partial charge in [-0.05, 0) is 56.6 Å². The Morgan fingerprint density at radius 3 is 1.72 bits per heavy atom. The van der Waals surface area contributed by atoms with Crippen LogP contribution in [0.2, 0.25) is 0 Å². The number of para-hydroxylation sites is 2. The highest BCUT2D eigenvalue weighted by Gasteiger charge is 2.24. The number of hydrogen-bond donors (Lipinski definition) is 4. The van der Waals surface area contributed by atoms with E-state index in [0.29, 0.717) is 76.8 Å². The summed E-state index contributed by atoms with van der Waals surface area (Å²) in [5, 5.41) is 15.1. The fraction of sp³-hybridized carbons (Fsp3) is 0.286. The maximum Gasteiger partial charge on any atom is 0.247 e. The van der Waals surface area contributed by atoms with Gasteiger partial charge in [0, 0.05) is 111 Å². The number of rotatable bonds is 22. The van der Waals surface area contributed by atoms with E-state index in [2.05, 4.69) is 112 Å². The first-order chi connectivity index (χ1) is 35.5. The zero-order valence-corrected chi connectivity index (χ0v) is 44.0. The van der Waals surface area contributed by atoms with Crippen LogP contribution >= 0.6 is 0 Å². The molecule has 0 aliphatic rings. The van der Waals surface area contributed by atoms with Gasteiger partial charge in [-0.15, -0.1) is 0 Å². The summed E-state index contributed by atoms with van der Waals surface area (Å²) in [6.07, 6.45) is 9.08. The van der Waals surface area contributed by atoms with Gasteiger partial charge in [0.15, 0.2) is 0 Å². The third-order valence-electron chi connectivity index (χ3n) is 13.2. The summed E-state index contributed by atoms with van der Waals surface area (Å²) in [6.45, 7) is 6.95. The monoisotopic (exact) mass is 1000 g/mol. The van der Waals surface area contributed by atoms with Gasteiger partial charge in [-0.1, -0.05) is 43.0 Å². The first-order valence-corrected chi connectivity index (χ1v) is 24.4. The molecule has 0 saturated heterocycles. The molecule has 18 heteroatoms. The molecule has 4 N–H and O–H groups in total. The van der Waals surface area contributed by atoms with Crippen molar-refractivity contribution in [2.75, 3.05) is 120 Å². The lowest BCUT2D eigenvalue weighted by molar-refractivity contribution is -0.888. The maximum absolute atomic E-state index is 14.1. The highest BCUT2D eigenvalue weighted by atomic mass is 16.5. The average molecular weight is 1000 g/mol. The lowest BCUT2D eigenvalue weighted by Crippen LogP contribution is -2.46. The minimum atomic E-state index is -0.359. The largest absolute Gasteiger partial charge is 0.494 e. The fourth-order valence-corrected chi connectivity index (χ4v) is 8.90. The molecule has 0 atom stereocenters. The lowest BCUT2D eigenvalue weighted by atomic mass is 10.1. The Bertz CT molecular complexity index is 3330. The number of ether oxygens (including phenoxy) is 2. The topological polar surface area (TPSA) is 172 Å². The van der Waals surface area contributed by atoms with Crippen molar-refractivity contribution in [2.24, 2.45) is 14.1 Å². The van der Waals surface area contributed by atoms with Crippen LogP contribution in [0.4, 0.5) is 46.0 Å². The molecule has 384 valence electrons. The van der Waals surface area contributed by atoms with Crippen LogP contribution in [0.25, 0.3) is 44.3 Å². The van der Waals surface area contributed by atoms with Crippen molar-refractivity contribution in [1.29, 1.82) is 0 Å². The number of amides is 2. The van der Waals surface area contributed by atoms with Gasteiger partial charge in [-0.3, -0.25) is 9.59 Å². The molecular formula is C56H67N14O4+. The number of aryl methyl sites for hydroxylation is 2. The molecule has 8 rings (SSSR count). The number of fused-ring (bicyclic) bond motifs is 2. The van der Waals surface area contributed by atoms with Crippen LogP contribution in [-0.4, -0.2) is 139 Å². The zero-order chi connectivity index (χ0) is 52.7. The van der Waals surface area contributed by atoms with E-state index in [-0.39, 0.29) is 18.2 Å². The van der Waals surface area contributed by atoms with Crippen molar-refractivity contribution >= 4 is 79.6 Å². The van der Waals surface area contributed by atoms with Crippen LogP contribution < -0.4 is 40.5 Å². The van der Waals surface area contributed by atoms with Gasteiger partial charge in [-0.25, -0.2) is 19.9 Å². The first-order valence-electron chi connectivity index (χ1n) is 24.4. The lowest BCUT2D eigenvalue weighted by Gasteiger charge is -2.33. The van der Waals surface area contributed by atoms with Gasteiger partial charge in [-0.2, -0.15) is 0 Å².